The smallest absolute Gasteiger partial charge is 0.0831 e. The molecule has 0 aliphatic carbocycles. The Morgan fingerprint density at radius 1 is 0.800 bits per heavy atom. The number of hydrogen-bond donors (Lipinski definition) is 1. The number of nitrogens with zero attached hydrogens (tertiary/aromatic N) is 1. The summed E-state index contributed by atoms with van der Waals surface area (Å²) in [7, 11) is 0. The SMILES string of the molecule is Cc1cccc(C(C)C2N=CNC2C(C)c2cccc(C)c2C)c1C. The van der Waals surface area contributed by atoms with Gasteiger partial charge in [0.1, 0.15) is 0 Å². The zero-order valence-electron chi connectivity index (χ0n) is 16.3. The molecule has 4 atom stereocenters. The Morgan fingerprint density at radius 2 is 1.32 bits per heavy atom. The summed E-state index contributed by atoms with van der Waals surface area (Å²) in [6.07, 6.45) is 1.92. The average molecular weight is 335 g/mol. The third kappa shape index (κ3) is 3.22. The van der Waals surface area contributed by atoms with Crippen molar-refractivity contribution in [2.24, 2.45) is 4.99 Å². The zero-order chi connectivity index (χ0) is 18.1. The topological polar surface area (TPSA) is 24.4 Å². The molecule has 2 aromatic carbocycles. The van der Waals surface area contributed by atoms with E-state index in [2.05, 4.69) is 83.3 Å². The van der Waals surface area contributed by atoms with Crippen molar-refractivity contribution < 1.29 is 0 Å². The number of benzene rings is 2. The van der Waals surface area contributed by atoms with Crippen molar-refractivity contribution in [3.05, 3.63) is 69.8 Å². The molecule has 3 rings (SSSR count). The van der Waals surface area contributed by atoms with Gasteiger partial charge in [0.05, 0.1) is 18.4 Å². The van der Waals surface area contributed by atoms with Gasteiger partial charge in [0, 0.05) is 11.8 Å². The molecule has 1 aliphatic rings. The van der Waals surface area contributed by atoms with Gasteiger partial charge >= 0.3 is 0 Å². The van der Waals surface area contributed by atoms with E-state index in [1.807, 2.05) is 6.34 Å². The van der Waals surface area contributed by atoms with Crippen LogP contribution in [0.15, 0.2) is 41.4 Å². The lowest BCUT2D eigenvalue weighted by molar-refractivity contribution is 0.418. The van der Waals surface area contributed by atoms with Crippen LogP contribution in [0.1, 0.15) is 59.1 Å². The summed E-state index contributed by atoms with van der Waals surface area (Å²) < 4.78 is 0. The van der Waals surface area contributed by atoms with Crippen LogP contribution in [0.5, 0.6) is 0 Å². The second-order valence-corrected chi connectivity index (χ2v) is 7.62. The zero-order valence-corrected chi connectivity index (χ0v) is 16.3. The fraction of sp³-hybridized carbons (Fsp3) is 0.435. The first kappa shape index (κ1) is 17.7. The predicted molar refractivity (Wildman–Crippen MR) is 108 cm³/mol. The number of aryl methyl sites for hydroxylation is 2. The Kier molecular flexibility index (Phi) is 4.99. The van der Waals surface area contributed by atoms with Gasteiger partial charge in [-0.15, -0.1) is 0 Å². The third-order valence-electron chi connectivity index (χ3n) is 6.21. The number of hydrogen-bond acceptors (Lipinski definition) is 2. The normalized spacial score (nSPS) is 21.8. The third-order valence-corrected chi connectivity index (χ3v) is 6.21. The van der Waals surface area contributed by atoms with E-state index in [1.54, 1.807) is 0 Å². The minimum absolute atomic E-state index is 0.260. The molecule has 0 amide bonds. The highest BCUT2D eigenvalue weighted by molar-refractivity contribution is 5.60. The van der Waals surface area contributed by atoms with Gasteiger partial charge in [-0.05, 0) is 61.1 Å². The Morgan fingerprint density at radius 3 is 1.88 bits per heavy atom. The van der Waals surface area contributed by atoms with Gasteiger partial charge in [-0.25, -0.2) is 0 Å². The van der Waals surface area contributed by atoms with Crippen molar-refractivity contribution >= 4 is 6.34 Å². The second kappa shape index (κ2) is 7.03. The largest absolute Gasteiger partial charge is 0.371 e. The fourth-order valence-corrected chi connectivity index (χ4v) is 4.20. The van der Waals surface area contributed by atoms with Crippen molar-refractivity contribution in [2.45, 2.75) is 65.5 Å². The van der Waals surface area contributed by atoms with Crippen molar-refractivity contribution in [1.82, 2.24) is 5.32 Å². The summed E-state index contributed by atoms with van der Waals surface area (Å²) in [5.74, 6) is 0.809. The molecular formula is C23H30N2. The monoisotopic (exact) mass is 334 g/mol. The van der Waals surface area contributed by atoms with Gasteiger partial charge in [-0.1, -0.05) is 50.2 Å². The van der Waals surface area contributed by atoms with Crippen LogP contribution in [0.25, 0.3) is 0 Å². The van der Waals surface area contributed by atoms with E-state index >= 15 is 0 Å². The van der Waals surface area contributed by atoms with Crippen LogP contribution in [0, 0.1) is 27.7 Å². The molecule has 2 heteroatoms. The Hall–Kier alpha value is -2.09. The molecule has 0 bridgehead atoms. The minimum Gasteiger partial charge on any atom is -0.371 e. The fourth-order valence-electron chi connectivity index (χ4n) is 4.20. The number of rotatable bonds is 4. The summed E-state index contributed by atoms with van der Waals surface area (Å²) in [4.78, 5) is 4.83. The number of nitrogens with one attached hydrogen (secondary N) is 1. The highest BCUT2D eigenvalue weighted by Gasteiger charge is 2.35. The van der Waals surface area contributed by atoms with Crippen molar-refractivity contribution in [1.29, 1.82) is 0 Å². The highest BCUT2D eigenvalue weighted by atomic mass is 15.1. The maximum absolute atomic E-state index is 4.83. The van der Waals surface area contributed by atoms with Gasteiger partial charge in [-0.2, -0.15) is 0 Å². The summed E-state index contributed by atoms with van der Waals surface area (Å²) >= 11 is 0. The van der Waals surface area contributed by atoms with E-state index in [0.29, 0.717) is 17.9 Å². The van der Waals surface area contributed by atoms with E-state index in [4.69, 9.17) is 4.99 Å². The predicted octanol–water partition coefficient (Wildman–Crippen LogP) is 5.20. The maximum atomic E-state index is 4.83. The van der Waals surface area contributed by atoms with Gasteiger partial charge in [-0.3, -0.25) is 4.99 Å². The molecule has 0 saturated carbocycles. The summed E-state index contributed by atoms with van der Waals surface area (Å²) in [5.41, 5.74) is 8.38. The van der Waals surface area contributed by atoms with Gasteiger partial charge in [0.2, 0.25) is 0 Å². The first-order valence-corrected chi connectivity index (χ1v) is 9.31. The van der Waals surface area contributed by atoms with Crippen LogP contribution in [-0.2, 0) is 0 Å². The molecule has 0 spiro atoms. The van der Waals surface area contributed by atoms with E-state index < -0.39 is 0 Å². The van der Waals surface area contributed by atoms with Crippen LogP contribution in [0.4, 0.5) is 0 Å². The molecule has 4 unspecified atom stereocenters. The molecule has 1 aliphatic heterocycles. The lowest BCUT2D eigenvalue weighted by atomic mass is 9.79. The van der Waals surface area contributed by atoms with Crippen LogP contribution >= 0.6 is 0 Å². The molecular weight excluding hydrogens is 304 g/mol. The van der Waals surface area contributed by atoms with Crippen LogP contribution in [0.2, 0.25) is 0 Å². The Bertz CT molecular complexity index is 791. The molecule has 0 saturated heterocycles. The molecule has 25 heavy (non-hydrogen) atoms. The van der Waals surface area contributed by atoms with E-state index in [-0.39, 0.29) is 6.04 Å². The first-order valence-electron chi connectivity index (χ1n) is 9.31. The minimum atomic E-state index is 0.260. The van der Waals surface area contributed by atoms with Crippen molar-refractivity contribution in [2.75, 3.05) is 0 Å². The molecule has 0 aromatic heterocycles. The maximum Gasteiger partial charge on any atom is 0.0831 e. The number of aliphatic imine (C=N–C) groups is 1. The molecule has 1 N–H and O–H groups in total. The van der Waals surface area contributed by atoms with Gasteiger partial charge in [0.25, 0.3) is 0 Å². The molecule has 0 radical (unpaired) electrons. The second-order valence-electron chi connectivity index (χ2n) is 7.62. The Balaban J connectivity index is 1.90. The first-order chi connectivity index (χ1) is 11.9. The molecule has 0 fully saturated rings. The highest BCUT2D eigenvalue weighted by Crippen LogP contribution is 2.35. The lowest BCUT2D eigenvalue weighted by Gasteiger charge is -2.31. The van der Waals surface area contributed by atoms with Crippen LogP contribution in [-0.4, -0.2) is 18.4 Å². The van der Waals surface area contributed by atoms with Crippen molar-refractivity contribution in [3.8, 4) is 0 Å². The van der Waals surface area contributed by atoms with E-state index in [0.717, 1.165) is 0 Å². The molecule has 2 nitrogen and oxygen atoms in total. The average Bonchev–Trinajstić information content (AvgIpc) is 3.08. The van der Waals surface area contributed by atoms with Crippen LogP contribution in [0.3, 0.4) is 0 Å². The lowest BCUT2D eigenvalue weighted by Crippen LogP contribution is -2.39. The van der Waals surface area contributed by atoms with E-state index in [9.17, 15) is 0 Å². The summed E-state index contributed by atoms with van der Waals surface area (Å²) in [6, 6.07) is 13.9. The van der Waals surface area contributed by atoms with Crippen molar-refractivity contribution in [3.63, 3.8) is 0 Å². The van der Waals surface area contributed by atoms with Gasteiger partial charge in [0.15, 0.2) is 0 Å². The summed E-state index contributed by atoms with van der Waals surface area (Å²) in [6.45, 7) is 13.5. The summed E-state index contributed by atoms with van der Waals surface area (Å²) in [5, 5.41) is 3.54. The molecule has 2 aromatic rings. The standard InChI is InChI=1S/C23H30N2/c1-14-9-7-11-20(16(14)3)18(5)22-23(25-13-24-22)19(6)21-12-8-10-15(2)17(21)4/h7-13,18-19,22-23H,1-6H3,(H,24,25). The Labute approximate surface area is 152 Å². The van der Waals surface area contributed by atoms with Gasteiger partial charge < -0.3 is 5.32 Å². The molecule has 132 valence electrons. The van der Waals surface area contributed by atoms with Crippen LogP contribution < -0.4 is 5.32 Å². The quantitative estimate of drug-likeness (QED) is 0.817. The molecule has 1 heterocycles. The van der Waals surface area contributed by atoms with E-state index in [1.165, 1.54) is 33.4 Å².